The van der Waals surface area contributed by atoms with Gasteiger partial charge in [0.05, 0.1) is 0 Å². The molecule has 2 aliphatic rings. The summed E-state index contributed by atoms with van der Waals surface area (Å²) < 4.78 is 0. The van der Waals surface area contributed by atoms with E-state index in [2.05, 4.69) is 41.3 Å². The fourth-order valence-corrected chi connectivity index (χ4v) is 4.07. The van der Waals surface area contributed by atoms with Gasteiger partial charge in [0.2, 0.25) is 0 Å². The smallest absolute Gasteiger partial charge is 0.0315 e. The number of pyridine rings is 1. The molecule has 0 aromatic carbocycles. The molecule has 1 aromatic heterocycles. The Morgan fingerprint density at radius 2 is 2.14 bits per heavy atom. The molecule has 1 aromatic rings. The molecule has 1 spiro atoms. The van der Waals surface area contributed by atoms with Crippen LogP contribution in [0.4, 0.5) is 0 Å². The zero-order valence-electron chi connectivity index (χ0n) is 13.6. The lowest BCUT2D eigenvalue weighted by Crippen LogP contribution is -2.64. The Hall–Kier alpha value is -0.930. The van der Waals surface area contributed by atoms with Gasteiger partial charge in [-0.1, -0.05) is 26.2 Å². The van der Waals surface area contributed by atoms with E-state index in [1.165, 1.54) is 56.2 Å². The summed E-state index contributed by atoms with van der Waals surface area (Å²) in [6.45, 7) is 7.93. The minimum absolute atomic E-state index is 0.389. The van der Waals surface area contributed by atoms with Gasteiger partial charge < -0.3 is 5.32 Å². The van der Waals surface area contributed by atoms with E-state index in [1.54, 1.807) is 0 Å². The molecule has 1 atom stereocenters. The first-order valence-electron chi connectivity index (χ1n) is 8.61. The number of hydrogen-bond donors (Lipinski definition) is 1. The van der Waals surface area contributed by atoms with Gasteiger partial charge >= 0.3 is 0 Å². The van der Waals surface area contributed by atoms with Crippen LogP contribution in [0.2, 0.25) is 0 Å². The van der Waals surface area contributed by atoms with Crippen molar-refractivity contribution < 1.29 is 0 Å². The minimum atomic E-state index is 0.389. The fourth-order valence-electron chi connectivity index (χ4n) is 4.07. The molecule has 2 heterocycles. The predicted octanol–water partition coefficient (Wildman–Crippen LogP) is 3.28. The average molecular weight is 287 g/mol. The van der Waals surface area contributed by atoms with Gasteiger partial charge in [-0.3, -0.25) is 9.88 Å². The van der Waals surface area contributed by atoms with Crippen molar-refractivity contribution in [3.8, 4) is 0 Å². The lowest BCUT2D eigenvalue weighted by atomic mass is 9.79. The lowest BCUT2D eigenvalue weighted by Gasteiger charge is -2.49. The molecule has 1 unspecified atom stereocenters. The Morgan fingerprint density at radius 1 is 1.33 bits per heavy atom. The number of aryl methyl sites for hydroxylation is 1. The van der Waals surface area contributed by atoms with Crippen LogP contribution in [-0.2, 0) is 6.54 Å². The van der Waals surface area contributed by atoms with Crippen molar-refractivity contribution in [2.45, 2.75) is 70.5 Å². The van der Waals surface area contributed by atoms with E-state index in [9.17, 15) is 0 Å². The Morgan fingerprint density at radius 3 is 2.86 bits per heavy atom. The molecule has 1 aliphatic carbocycles. The summed E-state index contributed by atoms with van der Waals surface area (Å²) in [6, 6.07) is 2.80. The molecule has 1 saturated heterocycles. The van der Waals surface area contributed by atoms with Crippen LogP contribution in [0.1, 0.15) is 56.6 Å². The normalized spacial score (nSPS) is 26.1. The maximum Gasteiger partial charge on any atom is 0.0315 e. The van der Waals surface area contributed by atoms with Gasteiger partial charge in [-0.2, -0.15) is 0 Å². The van der Waals surface area contributed by atoms with Gasteiger partial charge in [-0.05, 0) is 43.4 Å². The number of piperazine rings is 1. The van der Waals surface area contributed by atoms with Crippen LogP contribution in [0.3, 0.4) is 0 Å². The Kier molecular flexibility index (Phi) is 4.60. The molecule has 0 radical (unpaired) electrons. The largest absolute Gasteiger partial charge is 0.308 e. The van der Waals surface area contributed by atoms with Crippen molar-refractivity contribution >= 4 is 0 Å². The minimum Gasteiger partial charge on any atom is -0.308 e. The summed E-state index contributed by atoms with van der Waals surface area (Å²) in [5.41, 5.74) is 3.15. The van der Waals surface area contributed by atoms with Gasteiger partial charge in [-0.15, -0.1) is 0 Å². The highest BCUT2D eigenvalue weighted by molar-refractivity contribution is 5.21. The van der Waals surface area contributed by atoms with E-state index in [-0.39, 0.29) is 0 Å². The van der Waals surface area contributed by atoms with Gasteiger partial charge in [0.1, 0.15) is 0 Å². The van der Waals surface area contributed by atoms with Crippen LogP contribution >= 0.6 is 0 Å². The number of aromatic nitrogens is 1. The van der Waals surface area contributed by atoms with Crippen LogP contribution < -0.4 is 5.32 Å². The first kappa shape index (κ1) is 15.0. The summed E-state index contributed by atoms with van der Waals surface area (Å²) in [4.78, 5) is 7.04. The topological polar surface area (TPSA) is 28.2 Å². The van der Waals surface area contributed by atoms with E-state index in [1.807, 2.05) is 6.20 Å². The maximum atomic E-state index is 4.32. The number of nitrogens with one attached hydrogen (secondary N) is 1. The second-order valence-electron chi connectivity index (χ2n) is 6.99. The first-order valence-corrected chi connectivity index (χ1v) is 8.61. The van der Waals surface area contributed by atoms with Gasteiger partial charge in [0.25, 0.3) is 0 Å². The van der Waals surface area contributed by atoms with E-state index >= 15 is 0 Å². The molecule has 0 amide bonds. The highest BCUT2D eigenvalue weighted by Crippen LogP contribution is 2.33. The third-order valence-electron chi connectivity index (χ3n) is 5.54. The third-order valence-corrected chi connectivity index (χ3v) is 5.54. The fraction of sp³-hybridized carbons (Fsp3) is 0.722. The highest BCUT2D eigenvalue weighted by Gasteiger charge is 2.39. The monoisotopic (exact) mass is 287 g/mol. The van der Waals surface area contributed by atoms with E-state index in [4.69, 9.17) is 0 Å². The van der Waals surface area contributed by atoms with Crippen molar-refractivity contribution in [2.75, 3.05) is 13.1 Å². The zero-order valence-corrected chi connectivity index (χ0v) is 13.6. The Balaban J connectivity index is 1.75. The molecule has 3 nitrogen and oxygen atoms in total. The molecule has 1 aliphatic heterocycles. The average Bonchev–Trinajstić information content (AvgIpc) is 2.51. The van der Waals surface area contributed by atoms with Gasteiger partial charge in [-0.25, -0.2) is 0 Å². The van der Waals surface area contributed by atoms with Crippen LogP contribution in [0, 0.1) is 6.92 Å². The number of rotatable bonds is 3. The molecule has 21 heavy (non-hydrogen) atoms. The maximum absolute atomic E-state index is 4.32. The summed E-state index contributed by atoms with van der Waals surface area (Å²) in [7, 11) is 0. The second kappa shape index (κ2) is 6.45. The quantitative estimate of drug-likeness (QED) is 0.925. The van der Waals surface area contributed by atoms with Crippen LogP contribution in [0.25, 0.3) is 0 Å². The van der Waals surface area contributed by atoms with Crippen molar-refractivity contribution in [1.29, 1.82) is 0 Å². The van der Waals surface area contributed by atoms with Crippen molar-refractivity contribution in [3.05, 3.63) is 29.6 Å². The van der Waals surface area contributed by atoms with E-state index in [0.29, 0.717) is 11.6 Å². The van der Waals surface area contributed by atoms with E-state index < -0.39 is 0 Å². The van der Waals surface area contributed by atoms with Crippen LogP contribution in [0.15, 0.2) is 18.5 Å². The summed E-state index contributed by atoms with van der Waals surface area (Å²) in [5.74, 6) is 0. The Bertz CT molecular complexity index is 465. The van der Waals surface area contributed by atoms with Gasteiger partial charge in [0, 0.05) is 43.6 Å². The van der Waals surface area contributed by atoms with Crippen molar-refractivity contribution in [2.24, 2.45) is 0 Å². The molecular formula is C18H29N3. The second-order valence-corrected chi connectivity index (χ2v) is 6.99. The molecule has 3 heteroatoms. The molecular weight excluding hydrogens is 258 g/mol. The zero-order chi connectivity index (χ0) is 14.7. The molecule has 3 rings (SSSR count). The number of hydrogen-bond acceptors (Lipinski definition) is 3. The van der Waals surface area contributed by atoms with Crippen molar-refractivity contribution in [3.63, 3.8) is 0 Å². The lowest BCUT2D eigenvalue weighted by molar-refractivity contribution is 0.0482. The van der Waals surface area contributed by atoms with Crippen LogP contribution in [0.5, 0.6) is 0 Å². The van der Waals surface area contributed by atoms with Crippen LogP contribution in [-0.4, -0.2) is 34.6 Å². The van der Waals surface area contributed by atoms with Crippen molar-refractivity contribution in [1.82, 2.24) is 15.2 Å². The molecule has 2 fully saturated rings. The Labute approximate surface area is 129 Å². The summed E-state index contributed by atoms with van der Waals surface area (Å²) in [5, 5.41) is 3.91. The molecule has 0 bridgehead atoms. The standard InChI is InChI=1S/C18H29N3/c1-3-17-12-20-18(8-5-4-6-9-18)14-21(17)13-16-11-19-10-7-15(16)2/h7,10-11,17,20H,3-6,8-9,12-14H2,1-2H3. The summed E-state index contributed by atoms with van der Waals surface area (Å²) >= 11 is 0. The third kappa shape index (κ3) is 3.29. The first-order chi connectivity index (χ1) is 10.2. The number of nitrogens with zero attached hydrogens (tertiary/aromatic N) is 2. The van der Waals surface area contributed by atoms with Gasteiger partial charge in [0.15, 0.2) is 0 Å². The predicted molar refractivity (Wildman–Crippen MR) is 87.3 cm³/mol. The highest BCUT2D eigenvalue weighted by atomic mass is 15.3. The summed E-state index contributed by atoms with van der Waals surface area (Å²) in [6.07, 6.45) is 12.1. The molecule has 1 saturated carbocycles. The SMILES string of the molecule is CCC1CNC2(CCCCC2)CN1Cc1cnccc1C. The molecule has 116 valence electrons. The molecule has 1 N–H and O–H groups in total. The van der Waals surface area contributed by atoms with E-state index in [0.717, 1.165) is 13.1 Å².